The Morgan fingerprint density at radius 1 is 1.16 bits per heavy atom. The van der Waals surface area contributed by atoms with Crippen LogP contribution in [-0.2, 0) is 18.3 Å². The number of carbonyl (C=O) groups excluding carboxylic acids is 1. The van der Waals surface area contributed by atoms with Crippen LogP contribution < -0.4 is 4.80 Å². The minimum Gasteiger partial charge on any atom is -0.319 e. The summed E-state index contributed by atoms with van der Waals surface area (Å²) in [5.74, 6) is 0.390. The summed E-state index contributed by atoms with van der Waals surface area (Å²) in [6, 6.07) is 12.7. The van der Waals surface area contributed by atoms with E-state index in [-0.39, 0.29) is 5.91 Å². The van der Waals surface area contributed by atoms with E-state index in [0.717, 1.165) is 21.4 Å². The van der Waals surface area contributed by atoms with Gasteiger partial charge in [0.05, 0.1) is 16.6 Å². The van der Waals surface area contributed by atoms with E-state index in [2.05, 4.69) is 50.0 Å². The summed E-state index contributed by atoms with van der Waals surface area (Å²) < 4.78 is 3.18. The molecule has 1 amide bonds. The standard InChI is InChI=1S/C21H24N2OS/c1-13(2)16-8-9-18-19(11-16)25-21(23(18)5)22-20(24)12-17-7-6-14(3)10-15(17)4/h6-11,13H,12H2,1-5H3. The third-order valence-electron chi connectivity index (χ3n) is 4.56. The Morgan fingerprint density at radius 2 is 1.92 bits per heavy atom. The fraction of sp³-hybridized carbons (Fsp3) is 0.333. The molecule has 0 bridgehead atoms. The highest BCUT2D eigenvalue weighted by Crippen LogP contribution is 2.23. The number of carbonyl (C=O) groups is 1. The van der Waals surface area contributed by atoms with Gasteiger partial charge in [-0.1, -0.05) is 55.0 Å². The molecule has 3 rings (SSSR count). The smallest absolute Gasteiger partial charge is 0.252 e. The minimum absolute atomic E-state index is 0.0989. The van der Waals surface area contributed by atoms with Crippen molar-refractivity contribution < 1.29 is 4.79 Å². The zero-order valence-corrected chi connectivity index (χ0v) is 16.3. The highest BCUT2D eigenvalue weighted by atomic mass is 32.1. The van der Waals surface area contributed by atoms with E-state index in [9.17, 15) is 4.79 Å². The predicted octanol–water partition coefficient (Wildman–Crippen LogP) is 4.65. The highest BCUT2D eigenvalue weighted by Gasteiger charge is 2.09. The Morgan fingerprint density at radius 3 is 2.60 bits per heavy atom. The van der Waals surface area contributed by atoms with Crippen LogP contribution in [0.3, 0.4) is 0 Å². The summed E-state index contributed by atoms with van der Waals surface area (Å²) in [6.07, 6.45) is 0.345. The molecule has 0 radical (unpaired) electrons. The van der Waals surface area contributed by atoms with E-state index in [0.29, 0.717) is 12.3 Å². The third-order valence-corrected chi connectivity index (χ3v) is 5.65. The van der Waals surface area contributed by atoms with Gasteiger partial charge >= 0.3 is 0 Å². The molecule has 1 aromatic heterocycles. The fourth-order valence-electron chi connectivity index (χ4n) is 2.97. The van der Waals surface area contributed by atoms with Crippen LogP contribution in [0.25, 0.3) is 10.2 Å². The van der Waals surface area contributed by atoms with Crippen molar-refractivity contribution in [3.63, 3.8) is 0 Å². The van der Waals surface area contributed by atoms with Crippen LogP contribution in [-0.4, -0.2) is 10.5 Å². The molecule has 0 spiro atoms. The van der Waals surface area contributed by atoms with E-state index in [1.807, 2.05) is 30.7 Å². The van der Waals surface area contributed by atoms with Crippen LogP contribution in [0.2, 0.25) is 0 Å². The summed E-state index contributed by atoms with van der Waals surface area (Å²) in [7, 11) is 1.97. The first-order chi connectivity index (χ1) is 11.8. The number of benzene rings is 2. The van der Waals surface area contributed by atoms with E-state index in [1.54, 1.807) is 11.3 Å². The van der Waals surface area contributed by atoms with Crippen molar-refractivity contribution in [2.45, 2.75) is 40.0 Å². The number of rotatable bonds is 3. The Bertz CT molecular complexity index is 1010. The van der Waals surface area contributed by atoms with Crippen molar-refractivity contribution in [3.05, 3.63) is 63.5 Å². The van der Waals surface area contributed by atoms with Gasteiger partial charge in [0, 0.05) is 7.05 Å². The lowest BCUT2D eigenvalue weighted by Gasteiger charge is -2.04. The number of fused-ring (bicyclic) bond motifs is 1. The molecule has 0 saturated carbocycles. The number of aromatic nitrogens is 1. The lowest BCUT2D eigenvalue weighted by Crippen LogP contribution is -2.14. The Balaban J connectivity index is 1.94. The van der Waals surface area contributed by atoms with Crippen LogP contribution in [0.4, 0.5) is 0 Å². The second kappa shape index (κ2) is 6.96. The van der Waals surface area contributed by atoms with Crippen LogP contribution in [0.5, 0.6) is 0 Å². The van der Waals surface area contributed by atoms with E-state index < -0.39 is 0 Å². The molecular formula is C21H24N2OS. The van der Waals surface area contributed by atoms with Gasteiger partial charge in [0.2, 0.25) is 0 Å². The molecular weight excluding hydrogens is 328 g/mol. The first-order valence-corrected chi connectivity index (χ1v) is 9.40. The second-order valence-corrected chi connectivity index (χ2v) is 7.95. The van der Waals surface area contributed by atoms with Crippen molar-refractivity contribution in [1.29, 1.82) is 0 Å². The van der Waals surface area contributed by atoms with Crippen molar-refractivity contribution in [2.75, 3.05) is 0 Å². The van der Waals surface area contributed by atoms with E-state index in [4.69, 9.17) is 0 Å². The first kappa shape index (κ1) is 17.6. The van der Waals surface area contributed by atoms with Gasteiger partial charge in [0.1, 0.15) is 0 Å². The molecule has 25 heavy (non-hydrogen) atoms. The molecule has 0 atom stereocenters. The Labute approximate surface area is 152 Å². The summed E-state index contributed by atoms with van der Waals surface area (Å²) in [4.78, 5) is 17.6. The molecule has 3 nitrogen and oxygen atoms in total. The molecule has 0 N–H and O–H groups in total. The number of thiazole rings is 1. The quantitative estimate of drug-likeness (QED) is 0.675. The van der Waals surface area contributed by atoms with Crippen LogP contribution in [0.1, 0.15) is 42.0 Å². The van der Waals surface area contributed by atoms with Gasteiger partial charge in [-0.3, -0.25) is 4.79 Å². The lowest BCUT2D eigenvalue weighted by molar-refractivity contribution is -0.117. The van der Waals surface area contributed by atoms with Crippen molar-refractivity contribution >= 4 is 27.5 Å². The first-order valence-electron chi connectivity index (χ1n) is 8.58. The molecule has 4 heteroatoms. The molecule has 0 unspecified atom stereocenters. The zero-order valence-electron chi connectivity index (χ0n) is 15.5. The fourth-order valence-corrected chi connectivity index (χ4v) is 4.05. The molecule has 0 saturated heterocycles. The monoisotopic (exact) mass is 352 g/mol. The molecule has 3 aromatic rings. The van der Waals surface area contributed by atoms with E-state index >= 15 is 0 Å². The predicted molar refractivity (Wildman–Crippen MR) is 105 cm³/mol. The SMILES string of the molecule is Cc1ccc(CC(=O)N=c2sc3cc(C(C)C)ccc3n2C)c(C)c1. The second-order valence-electron chi connectivity index (χ2n) is 6.94. The van der Waals surface area contributed by atoms with Gasteiger partial charge in [0.25, 0.3) is 5.91 Å². The van der Waals surface area contributed by atoms with Gasteiger partial charge in [0.15, 0.2) is 4.80 Å². The topological polar surface area (TPSA) is 34.4 Å². The molecule has 0 aliphatic rings. The zero-order chi connectivity index (χ0) is 18.1. The number of aryl methyl sites for hydroxylation is 3. The van der Waals surface area contributed by atoms with Gasteiger partial charge < -0.3 is 4.57 Å². The van der Waals surface area contributed by atoms with Gasteiger partial charge in [-0.2, -0.15) is 4.99 Å². The number of hydrogen-bond acceptors (Lipinski definition) is 2. The largest absolute Gasteiger partial charge is 0.319 e. The average molecular weight is 353 g/mol. The molecule has 0 fully saturated rings. The van der Waals surface area contributed by atoms with Crippen LogP contribution in [0.15, 0.2) is 41.4 Å². The lowest BCUT2D eigenvalue weighted by atomic mass is 10.0. The average Bonchev–Trinajstić information content (AvgIpc) is 2.85. The summed E-state index contributed by atoms with van der Waals surface area (Å²) >= 11 is 1.58. The van der Waals surface area contributed by atoms with Crippen molar-refractivity contribution in [2.24, 2.45) is 12.0 Å². The van der Waals surface area contributed by atoms with Crippen molar-refractivity contribution in [1.82, 2.24) is 4.57 Å². The normalized spacial score (nSPS) is 12.3. The summed E-state index contributed by atoms with van der Waals surface area (Å²) in [6.45, 7) is 8.48. The van der Waals surface area contributed by atoms with Gasteiger partial charge in [-0.05, 0) is 48.6 Å². The van der Waals surface area contributed by atoms with Crippen molar-refractivity contribution in [3.8, 4) is 0 Å². The number of amides is 1. The minimum atomic E-state index is -0.0989. The van der Waals surface area contributed by atoms with E-state index in [1.165, 1.54) is 15.8 Å². The molecule has 0 aliphatic carbocycles. The maximum atomic E-state index is 12.4. The molecule has 2 aromatic carbocycles. The summed E-state index contributed by atoms with van der Waals surface area (Å²) in [5.41, 5.74) is 5.83. The maximum absolute atomic E-state index is 12.4. The summed E-state index contributed by atoms with van der Waals surface area (Å²) in [5, 5.41) is 0. The van der Waals surface area contributed by atoms with Gasteiger partial charge in [-0.25, -0.2) is 0 Å². The number of hydrogen-bond donors (Lipinski definition) is 0. The van der Waals surface area contributed by atoms with Crippen LogP contribution in [0, 0.1) is 13.8 Å². The molecule has 130 valence electrons. The highest BCUT2D eigenvalue weighted by molar-refractivity contribution is 7.16. The number of nitrogens with zero attached hydrogens (tertiary/aromatic N) is 2. The Kier molecular flexibility index (Phi) is 4.91. The van der Waals surface area contributed by atoms with Gasteiger partial charge in [-0.15, -0.1) is 0 Å². The maximum Gasteiger partial charge on any atom is 0.252 e. The third kappa shape index (κ3) is 3.74. The van der Waals surface area contributed by atoms with Crippen LogP contribution >= 0.6 is 11.3 Å². The molecule has 1 heterocycles. The Hall–Kier alpha value is -2.20. The molecule has 0 aliphatic heterocycles.